The molecule has 4 rings (SSSR count). The number of carbonyl (C=O) groups is 1. The van der Waals surface area contributed by atoms with Gasteiger partial charge in [-0.2, -0.15) is 9.61 Å². The molecule has 0 bridgehead atoms. The van der Waals surface area contributed by atoms with Gasteiger partial charge in [-0.25, -0.2) is 0 Å². The van der Waals surface area contributed by atoms with Crippen LogP contribution in [0.25, 0.3) is 16.9 Å². The number of aryl methyl sites for hydroxylation is 3. The summed E-state index contributed by atoms with van der Waals surface area (Å²) in [4.78, 5) is 12.6. The van der Waals surface area contributed by atoms with E-state index in [9.17, 15) is 4.79 Å². The van der Waals surface area contributed by atoms with Crippen LogP contribution in [0.1, 0.15) is 23.9 Å². The van der Waals surface area contributed by atoms with Crippen LogP contribution in [0.4, 0.5) is 5.69 Å². The van der Waals surface area contributed by atoms with Gasteiger partial charge in [0.05, 0.1) is 5.69 Å². The van der Waals surface area contributed by atoms with Gasteiger partial charge in [-0.3, -0.25) is 4.79 Å². The number of amides is 1. The van der Waals surface area contributed by atoms with Crippen LogP contribution in [0.2, 0.25) is 0 Å². The normalized spacial score (nSPS) is 12.0. The van der Waals surface area contributed by atoms with Crippen molar-refractivity contribution in [3.63, 3.8) is 0 Å². The average Bonchev–Trinajstić information content (AvgIpc) is 3.07. The van der Waals surface area contributed by atoms with Crippen LogP contribution in [0.15, 0.2) is 54.6 Å². The van der Waals surface area contributed by atoms with E-state index in [2.05, 4.69) is 26.7 Å². The Kier molecular flexibility index (Phi) is 5.18. The maximum Gasteiger partial charge on any atom is 0.265 e. The quantitative estimate of drug-likeness (QED) is 0.544. The molecule has 2 aromatic heterocycles. The van der Waals surface area contributed by atoms with Crippen LogP contribution in [0, 0.1) is 20.8 Å². The van der Waals surface area contributed by atoms with Gasteiger partial charge < -0.3 is 10.1 Å². The van der Waals surface area contributed by atoms with Gasteiger partial charge in [0.1, 0.15) is 5.75 Å². The minimum atomic E-state index is -0.635. The first-order chi connectivity index (χ1) is 14.4. The van der Waals surface area contributed by atoms with Crippen LogP contribution in [-0.4, -0.2) is 31.8 Å². The van der Waals surface area contributed by atoms with Crippen molar-refractivity contribution in [1.29, 1.82) is 0 Å². The Morgan fingerprint density at radius 3 is 2.53 bits per heavy atom. The molecule has 152 valence electrons. The van der Waals surface area contributed by atoms with Crippen LogP contribution in [0.5, 0.6) is 5.75 Å². The number of benzene rings is 2. The van der Waals surface area contributed by atoms with E-state index < -0.39 is 6.10 Å². The topological polar surface area (TPSA) is 81.4 Å². The molecule has 7 heteroatoms. The number of rotatable bonds is 5. The maximum absolute atomic E-state index is 12.6. The van der Waals surface area contributed by atoms with Crippen LogP contribution >= 0.6 is 0 Å². The molecular weight excluding hydrogens is 378 g/mol. The smallest absolute Gasteiger partial charge is 0.265 e. The molecule has 0 saturated heterocycles. The largest absolute Gasteiger partial charge is 0.481 e. The Labute approximate surface area is 174 Å². The molecule has 0 aliphatic heterocycles. The van der Waals surface area contributed by atoms with E-state index in [1.165, 1.54) is 0 Å². The van der Waals surface area contributed by atoms with E-state index in [4.69, 9.17) is 4.74 Å². The summed E-state index contributed by atoms with van der Waals surface area (Å²) in [5.41, 5.74) is 5.21. The molecule has 2 aromatic carbocycles. The lowest BCUT2D eigenvalue weighted by Gasteiger charge is -2.16. The summed E-state index contributed by atoms with van der Waals surface area (Å²) in [6.07, 6.45) is -0.635. The zero-order valence-corrected chi connectivity index (χ0v) is 17.4. The monoisotopic (exact) mass is 401 g/mol. The molecule has 1 N–H and O–H groups in total. The van der Waals surface area contributed by atoms with Gasteiger partial charge in [0.15, 0.2) is 17.6 Å². The number of nitrogens with one attached hydrogen (secondary N) is 1. The van der Waals surface area contributed by atoms with Gasteiger partial charge in [-0.15, -0.1) is 10.2 Å². The number of fused-ring (bicyclic) bond motifs is 1. The third-order valence-electron chi connectivity index (χ3n) is 4.72. The first-order valence-electron chi connectivity index (χ1n) is 9.74. The summed E-state index contributed by atoms with van der Waals surface area (Å²) < 4.78 is 7.53. The minimum Gasteiger partial charge on any atom is -0.481 e. The van der Waals surface area contributed by atoms with Crippen molar-refractivity contribution >= 4 is 17.2 Å². The number of carbonyl (C=O) groups excluding carboxylic acids is 1. The molecule has 1 unspecified atom stereocenters. The summed E-state index contributed by atoms with van der Waals surface area (Å²) in [5.74, 6) is 1.18. The van der Waals surface area contributed by atoms with Crippen molar-refractivity contribution in [2.45, 2.75) is 33.8 Å². The van der Waals surface area contributed by atoms with Crippen molar-refractivity contribution in [3.05, 3.63) is 71.5 Å². The maximum atomic E-state index is 12.6. The van der Waals surface area contributed by atoms with Gasteiger partial charge >= 0.3 is 0 Å². The highest BCUT2D eigenvalue weighted by molar-refractivity contribution is 5.94. The second-order valence-electron chi connectivity index (χ2n) is 7.39. The average molecular weight is 401 g/mol. The highest BCUT2D eigenvalue weighted by Gasteiger charge is 2.16. The van der Waals surface area contributed by atoms with Crippen molar-refractivity contribution in [2.24, 2.45) is 0 Å². The van der Waals surface area contributed by atoms with Crippen molar-refractivity contribution in [1.82, 2.24) is 19.8 Å². The molecular formula is C23H23N5O2. The number of hydrogen-bond acceptors (Lipinski definition) is 5. The standard InChI is InChI=1S/C23H23N5O2/c1-14-10-15(2)12-20(11-14)30-16(3)23(29)24-19-7-5-6-18(13-19)21-8-9-22-26-25-17(4)28(22)27-21/h5-13,16H,1-4H3,(H,24,29). The summed E-state index contributed by atoms with van der Waals surface area (Å²) >= 11 is 0. The predicted molar refractivity (Wildman–Crippen MR) is 116 cm³/mol. The second kappa shape index (κ2) is 7.94. The Balaban J connectivity index is 1.50. The fourth-order valence-electron chi connectivity index (χ4n) is 3.31. The highest BCUT2D eigenvalue weighted by atomic mass is 16.5. The Morgan fingerprint density at radius 1 is 1.00 bits per heavy atom. The van der Waals surface area contributed by atoms with E-state index in [-0.39, 0.29) is 5.91 Å². The molecule has 30 heavy (non-hydrogen) atoms. The van der Waals surface area contributed by atoms with Gasteiger partial charge in [0, 0.05) is 11.3 Å². The Bertz CT molecular complexity index is 1210. The number of hydrogen-bond donors (Lipinski definition) is 1. The van der Waals surface area contributed by atoms with E-state index >= 15 is 0 Å². The number of aromatic nitrogens is 4. The zero-order valence-electron chi connectivity index (χ0n) is 17.4. The summed E-state index contributed by atoms with van der Waals surface area (Å²) in [5, 5.41) is 15.6. The molecule has 0 fully saturated rings. The fourth-order valence-corrected chi connectivity index (χ4v) is 3.31. The van der Waals surface area contributed by atoms with E-state index in [0.717, 1.165) is 22.4 Å². The van der Waals surface area contributed by atoms with Crippen LogP contribution in [0.3, 0.4) is 0 Å². The molecule has 4 aromatic rings. The summed E-state index contributed by atoms with van der Waals surface area (Å²) in [6.45, 7) is 7.59. The SMILES string of the molecule is Cc1cc(C)cc(OC(C)C(=O)Nc2cccc(-c3ccc4nnc(C)n4n3)c2)c1. The Hall–Kier alpha value is -3.74. The van der Waals surface area contributed by atoms with Crippen LogP contribution in [-0.2, 0) is 4.79 Å². The second-order valence-corrected chi connectivity index (χ2v) is 7.39. The predicted octanol–water partition coefficient (Wildman–Crippen LogP) is 4.12. The number of anilines is 1. The molecule has 0 aliphatic carbocycles. The van der Waals surface area contributed by atoms with Crippen molar-refractivity contribution in [3.8, 4) is 17.0 Å². The Morgan fingerprint density at radius 2 is 1.77 bits per heavy atom. The first kappa shape index (κ1) is 19.6. The molecule has 1 amide bonds. The van der Waals surface area contributed by atoms with Crippen molar-refractivity contribution < 1.29 is 9.53 Å². The van der Waals surface area contributed by atoms with Gasteiger partial charge in [0.2, 0.25) is 0 Å². The van der Waals surface area contributed by atoms with Gasteiger partial charge in [0.25, 0.3) is 5.91 Å². The number of nitrogens with zero attached hydrogens (tertiary/aromatic N) is 4. The van der Waals surface area contributed by atoms with Gasteiger partial charge in [-0.05, 0) is 75.2 Å². The molecule has 0 spiro atoms. The highest BCUT2D eigenvalue weighted by Crippen LogP contribution is 2.22. The third-order valence-corrected chi connectivity index (χ3v) is 4.72. The summed E-state index contributed by atoms with van der Waals surface area (Å²) in [6, 6.07) is 17.2. The van der Waals surface area contributed by atoms with E-state index in [1.807, 2.05) is 69.3 Å². The lowest BCUT2D eigenvalue weighted by Crippen LogP contribution is -2.30. The zero-order chi connectivity index (χ0) is 21.3. The molecule has 7 nitrogen and oxygen atoms in total. The fraction of sp³-hybridized carbons (Fsp3) is 0.217. The van der Waals surface area contributed by atoms with Crippen LogP contribution < -0.4 is 10.1 Å². The summed E-state index contributed by atoms with van der Waals surface area (Å²) in [7, 11) is 0. The van der Waals surface area contributed by atoms with E-state index in [1.54, 1.807) is 11.4 Å². The lowest BCUT2D eigenvalue weighted by molar-refractivity contribution is -0.122. The molecule has 2 heterocycles. The molecule has 0 aliphatic rings. The molecule has 0 saturated carbocycles. The molecule has 0 radical (unpaired) electrons. The first-order valence-corrected chi connectivity index (χ1v) is 9.74. The van der Waals surface area contributed by atoms with Gasteiger partial charge in [-0.1, -0.05) is 18.2 Å². The number of ether oxygens (including phenoxy) is 1. The third kappa shape index (κ3) is 4.15. The van der Waals surface area contributed by atoms with Crippen molar-refractivity contribution in [2.75, 3.05) is 5.32 Å². The lowest BCUT2D eigenvalue weighted by atomic mass is 10.1. The minimum absolute atomic E-state index is 0.218. The molecule has 1 atom stereocenters. The van der Waals surface area contributed by atoms with E-state index in [0.29, 0.717) is 22.9 Å².